The maximum atomic E-state index is 12.3. The number of aryl methyl sites for hydroxylation is 1. The summed E-state index contributed by atoms with van der Waals surface area (Å²) >= 11 is 1.33. The molecule has 18 heavy (non-hydrogen) atoms. The molecule has 1 aliphatic rings. The zero-order valence-corrected chi connectivity index (χ0v) is 12.3. The molecule has 1 saturated carbocycles. The van der Waals surface area contributed by atoms with Crippen molar-refractivity contribution in [3.8, 4) is 0 Å². The molecule has 1 aromatic rings. The molecule has 1 fully saturated rings. The van der Waals surface area contributed by atoms with Crippen molar-refractivity contribution in [3.63, 3.8) is 0 Å². The highest BCUT2D eigenvalue weighted by Gasteiger charge is 2.29. The first-order chi connectivity index (χ1) is 8.44. The first-order valence-electron chi connectivity index (χ1n) is 6.16. The number of aliphatic hydroxyl groups excluding tert-OH is 1. The van der Waals surface area contributed by atoms with Crippen LogP contribution in [0.25, 0.3) is 0 Å². The highest BCUT2D eigenvalue weighted by atomic mass is 32.2. The third-order valence-corrected chi connectivity index (χ3v) is 6.32. The van der Waals surface area contributed by atoms with Crippen LogP contribution in [0.15, 0.2) is 11.0 Å². The van der Waals surface area contributed by atoms with Gasteiger partial charge >= 0.3 is 0 Å². The molecule has 0 bridgehead atoms. The Kier molecular flexibility index (Phi) is 4.11. The van der Waals surface area contributed by atoms with Gasteiger partial charge in [0.2, 0.25) is 10.0 Å². The van der Waals surface area contributed by atoms with Crippen LogP contribution in [0.5, 0.6) is 0 Å². The van der Waals surface area contributed by atoms with Crippen LogP contribution >= 0.6 is 11.3 Å². The van der Waals surface area contributed by atoms with Crippen molar-refractivity contribution in [2.45, 2.75) is 50.7 Å². The molecule has 4 nitrogen and oxygen atoms in total. The van der Waals surface area contributed by atoms with Crippen LogP contribution in [0.4, 0.5) is 0 Å². The van der Waals surface area contributed by atoms with Gasteiger partial charge in [0.05, 0.1) is 11.5 Å². The van der Waals surface area contributed by atoms with E-state index in [1.54, 1.807) is 13.0 Å². The van der Waals surface area contributed by atoms with E-state index in [0.717, 1.165) is 24.1 Å². The molecule has 6 heteroatoms. The van der Waals surface area contributed by atoms with Gasteiger partial charge in [0.25, 0.3) is 0 Å². The van der Waals surface area contributed by atoms with E-state index < -0.39 is 10.0 Å². The predicted molar refractivity (Wildman–Crippen MR) is 72.1 cm³/mol. The maximum absolute atomic E-state index is 12.3. The van der Waals surface area contributed by atoms with Gasteiger partial charge in [-0.2, -0.15) is 0 Å². The first kappa shape index (κ1) is 14.0. The van der Waals surface area contributed by atoms with Crippen molar-refractivity contribution < 1.29 is 13.5 Å². The van der Waals surface area contributed by atoms with Crippen LogP contribution in [0, 0.1) is 12.8 Å². The Labute approximate surface area is 112 Å². The summed E-state index contributed by atoms with van der Waals surface area (Å²) in [5.74, 6) is 0.399. The van der Waals surface area contributed by atoms with Crippen LogP contribution in [0.1, 0.15) is 35.9 Å². The molecule has 0 aromatic carbocycles. The minimum Gasteiger partial charge on any atom is -0.391 e. The Morgan fingerprint density at radius 1 is 1.50 bits per heavy atom. The zero-order valence-electron chi connectivity index (χ0n) is 10.6. The molecule has 1 heterocycles. The molecule has 102 valence electrons. The average Bonchev–Trinajstić information content (AvgIpc) is 2.86. The standard InChI is InChI=1S/C12H19NO3S2/c1-8-4-3-5-11(8)13-18(15,16)12-6-10(7-14)17-9(12)2/h6,8,11,13-14H,3-5,7H2,1-2H3. The molecular formula is C12H19NO3S2. The van der Waals surface area contributed by atoms with E-state index in [0.29, 0.717) is 15.7 Å². The minimum absolute atomic E-state index is 0.0480. The first-order valence-corrected chi connectivity index (χ1v) is 8.46. The number of rotatable bonds is 4. The summed E-state index contributed by atoms with van der Waals surface area (Å²) < 4.78 is 27.4. The summed E-state index contributed by atoms with van der Waals surface area (Å²) in [6.07, 6.45) is 3.08. The van der Waals surface area contributed by atoms with Crippen LogP contribution < -0.4 is 4.72 Å². The topological polar surface area (TPSA) is 66.4 Å². The second-order valence-electron chi connectivity index (χ2n) is 4.93. The third kappa shape index (κ3) is 2.77. The largest absolute Gasteiger partial charge is 0.391 e. The van der Waals surface area contributed by atoms with Crippen molar-refractivity contribution in [2.24, 2.45) is 5.92 Å². The molecule has 0 aliphatic heterocycles. The third-order valence-electron chi connectivity index (χ3n) is 3.54. The van der Waals surface area contributed by atoms with Crippen molar-refractivity contribution >= 4 is 21.4 Å². The Bertz CT molecular complexity index is 521. The highest BCUT2D eigenvalue weighted by Crippen LogP contribution is 2.29. The molecule has 1 aliphatic carbocycles. The van der Waals surface area contributed by atoms with E-state index in [2.05, 4.69) is 11.6 Å². The number of nitrogens with one attached hydrogen (secondary N) is 1. The van der Waals surface area contributed by atoms with E-state index in [4.69, 9.17) is 5.11 Å². The summed E-state index contributed by atoms with van der Waals surface area (Å²) in [4.78, 5) is 1.74. The monoisotopic (exact) mass is 289 g/mol. The molecular weight excluding hydrogens is 270 g/mol. The van der Waals surface area contributed by atoms with E-state index >= 15 is 0 Å². The molecule has 2 N–H and O–H groups in total. The summed E-state index contributed by atoms with van der Waals surface area (Å²) in [6, 6.07) is 1.62. The van der Waals surface area contributed by atoms with Crippen molar-refractivity contribution in [1.82, 2.24) is 4.72 Å². The predicted octanol–water partition coefficient (Wildman–Crippen LogP) is 2.02. The highest BCUT2D eigenvalue weighted by molar-refractivity contribution is 7.89. The maximum Gasteiger partial charge on any atom is 0.241 e. The molecule has 0 amide bonds. The fourth-order valence-electron chi connectivity index (χ4n) is 2.45. The summed E-state index contributed by atoms with van der Waals surface area (Å²) in [7, 11) is -3.45. The van der Waals surface area contributed by atoms with Gasteiger partial charge in [-0.05, 0) is 31.7 Å². The van der Waals surface area contributed by atoms with Crippen molar-refractivity contribution in [2.75, 3.05) is 0 Å². The molecule has 1 aromatic heterocycles. The Morgan fingerprint density at radius 3 is 2.72 bits per heavy atom. The fraction of sp³-hybridized carbons (Fsp3) is 0.667. The summed E-state index contributed by atoms with van der Waals surface area (Å²) in [5, 5.41) is 9.06. The second-order valence-corrected chi connectivity index (χ2v) is 7.95. The lowest BCUT2D eigenvalue weighted by molar-refractivity contribution is 0.285. The Morgan fingerprint density at radius 2 is 2.22 bits per heavy atom. The fourth-order valence-corrected chi connectivity index (χ4v) is 5.33. The van der Waals surface area contributed by atoms with Gasteiger partial charge in [-0.15, -0.1) is 11.3 Å². The number of aliphatic hydroxyl groups is 1. The normalized spacial score (nSPS) is 24.6. The van der Waals surface area contributed by atoms with Gasteiger partial charge in [-0.1, -0.05) is 13.3 Å². The molecule has 0 spiro atoms. The zero-order chi connectivity index (χ0) is 13.3. The van der Waals surface area contributed by atoms with Crippen LogP contribution in [0.3, 0.4) is 0 Å². The lowest BCUT2D eigenvalue weighted by Crippen LogP contribution is -2.36. The van der Waals surface area contributed by atoms with Crippen LogP contribution in [0.2, 0.25) is 0 Å². The average molecular weight is 289 g/mol. The van der Waals surface area contributed by atoms with E-state index in [-0.39, 0.29) is 12.6 Å². The number of thiophene rings is 1. The number of hydrogen-bond acceptors (Lipinski definition) is 4. The van der Waals surface area contributed by atoms with E-state index in [1.807, 2.05) is 0 Å². The Balaban J connectivity index is 2.22. The van der Waals surface area contributed by atoms with Gasteiger partial charge < -0.3 is 5.11 Å². The molecule has 2 rings (SSSR count). The quantitative estimate of drug-likeness (QED) is 0.891. The van der Waals surface area contributed by atoms with E-state index in [9.17, 15) is 8.42 Å². The van der Waals surface area contributed by atoms with Crippen LogP contribution in [-0.2, 0) is 16.6 Å². The van der Waals surface area contributed by atoms with Crippen molar-refractivity contribution in [3.05, 3.63) is 15.8 Å². The van der Waals surface area contributed by atoms with Gasteiger partial charge in [0.1, 0.15) is 0 Å². The molecule has 0 saturated heterocycles. The minimum atomic E-state index is -3.45. The summed E-state index contributed by atoms with van der Waals surface area (Å²) in [6.45, 7) is 3.75. The smallest absolute Gasteiger partial charge is 0.241 e. The SMILES string of the molecule is Cc1sc(CO)cc1S(=O)(=O)NC1CCCC1C. The molecule has 0 radical (unpaired) electrons. The molecule has 2 unspecified atom stereocenters. The second kappa shape index (κ2) is 5.28. The lowest BCUT2D eigenvalue weighted by Gasteiger charge is -2.17. The lowest BCUT2D eigenvalue weighted by atomic mass is 10.1. The number of sulfonamides is 1. The van der Waals surface area contributed by atoms with Gasteiger partial charge in [0.15, 0.2) is 0 Å². The number of hydrogen-bond donors (Lipinski definition) is 2. The van der Waals surface area contributed by atoms with E-state index in [1.165, 1.54) is 11.3 Å². The van der Waals surface area contributed by atoms with Gasteiger partial charge in [-0.3, -0.25) is 0 Å². The summed E-state index contributed by atoms with van der Waals surface area (Å²) in [5.41, 5.74) is 0. The molecule has 2 atom stereocenters. The Hall–Kier alpha value is -0.430. The van der Waals surface area contributed by atoms with Crippen molar-refractivity contribution in [1.29, 1.82) is 0 Å². The van der Waals surface area contributed by atoms with Crippen LogP contribution in [-0.4, -0.2) is 19.6 Å². The van der Waals surface area contributed by atoms with Gasteiger partial charge in [0, 0.05) is 15.8 Å². The van der Waals surface area contributed by atoms with Gasteiger partial charge in [-0.25, -0.2) is 13.1 Å².